The van der Waals surface area contributed by atoms with E-state index in [0.29, 0.717) is 5.89 Å². The second-order valence-electron chi connectivity index (χ2n) is 12.7. The minimum Gasteiger partial charge on any atom is -0.436 e. The molecular formula is C39H29N5O. The lowest BCUT2D eigenvalue weighted by Gasteiger charge is -2.20. The lowest BCUT2D eigenvalue weighted by atomic mass is 9.88. The molecule has 5 aromatic heterocycles. The molecule has 0 aliphatic carbocycles. The maximum absolute atomic E-state index is 6.43. The molecule has 0 saturated heterocycles. The van der Waals surface area contributed by atoms with E-state index < -0.39 is 0 Å². The van der Waals surface area contributed by atoms with E-state index >= 15 is 0 Å². The number of hydrogen-bond acceptors (Lipinski definition) is 4. The third-order valence-corrected chi connectivity index (χ3v) is 8.86. The van der Waals surface area contributed by atoms with E-state index in [2.05, 4.69) is 102 Å². The number of nitrogens with one attached hydrogen (secondary N) is 1. The number of rotatable bonds is 3. The first-order valence-corrected chi connectivity index (χ1v) is 15.2. The van der Waals surface area contributed by atoms with Crippen molar-refractivity contribution < 1.29 is 4.42 Å². The predicted octanol–water partition coefficient (Wildman–Crippen LogP) is 9.98. The zero-order chi connectivity index (χ0) is 30.3. The molecule has 4 aromatic carbocycles. The highest BCUT2D eigenvalue weighted by Crippen LogP contribution is 2.39. The molecule has 6 heteroatoms. The third kappa shape index (κ3) is 3.92. The number of fused-ring (bicyclic) bond motifs is 7. The Morgan fingerprint density at radius 2 is 1.49 bits per heavy atom. The van der Waals surface area contributed by atoms with Crippen LogP contribution in [0.1, 0.15) is 26.3 Å². The molecular weight excluding hydrogens is 554 g/mol. The van der Waals surface area contributed by atoms with Crippen LogP contribution in [0.25, 0.3) is 83.2 Å². The van der Waals surface area contributed by atoms with Crippen LogP contribution in [0.4, 0.5) is 0 Å². The molecule has 0 unspecified atom stereocenters. The first-order valence-electron chi connectivity index (χ1n) is 15.2. The van der Waals surface area contributed by atoms with Crippen molar-refractivity contribution in [3.8, 4) is 28.4 Å². The van der Waals surface area contributed by atoms with Crippen LogP contribution in [0, 0.1) is 0 Å². The van der Waals surface area contributed by atoms with E-state index in [1.165, 1.54) is 16.3 Å². The van der Waals surface area contributed by atoms with Gasteiger partial charge < -0.3 is 9.40 Å². The number of nitrogens with zero attached hydrogens (tertiary/aromatic N) is 4. The van der Waals surface area contributed by atoms with Crippen molar-refractivity contribution in [2.75, 3.05) is 0 Å². The smallest absolute Gasteiger partial charge is 0.229 e. The lowest BCUT2D eigenvalue weighted by Crippen LogP contribution is -2.12. The molecule has 0 radical (unpaired) electrons. The SMILES string of the molecule is CC(C)(C)c1ccnc(-n2c3ccccc3c3ccc(-c4cccc5oc(-c6cccc7c6[nH]c6cccnc67)nc45)cc32)c1. The van der Waals surface area contributed by atoms with E-state index in [4.69, 9.17) is 14.4 Å². The highest BCUT2D eigenvalue weighted by Gasteiger charge is 2.20. The highest BCUT2D eigenvalue weighted by atomic mass is 16.3. The maximum Gasteiger partial charge on any atom is 0.229 e. The summed E-state index contributed by atoms with van der Waals surface area (Å²) in [5.74, 6) is 1.49. The van der Waals surface area contributed by atoms with Crippen LogP contribution in [-0.4, -0.2) is 24.5 Å². The number of hydrogen-bond donors (Lipinski definition) is 1. The predicted molar refractivity (Wildman–Crippen MR) is 183 cm³/mol. The summed E-state index contributed by atoms with van der Waals surface area (Å²) in [6.45, 7) is 6.70. The molecule has 9 rings (SSSR count). The van der Waals surface area contributed by atoms with Gasteiger partial charge in [-0.2, -0.15) is 0 Å². The Hall–Kier alpha value is -5.75. The molecule has 0 bridgehead atoms. The lowest BCUT2D eigenvalue weighted by molar-refractivity contribution is 0.588. The summed E-state index contributed by atoms with van der Waals surface area (Å²) in [5.41, 5.74) is 11.0. The average molecular weight is 584 g/mol. The first kappa shape index (κ1) is 25.7. The molecule has 6 nitrogen and oxygen atoms in total. The van der Waals surface area contributed by atoms with Gasteiger partial charge in [-0.25, -0.2) is 9.97 Å². The van der Waals surface area contributed by atoms with Gasteiger partial charge in [0.2, 0.25) is 5.89 Å². The van der Waals surface area contributed by atoms with Gasteiger partial charge in [0.15, 0.2) is 5.58 Å². The van der Waals surface area contributed by atoms with Crippen molar-refractivity contribution >= 4 is 54.8 Å². The van der Waals surface area contributed by atoms with Crippen LogP contribution in [0.5, 0.6) is 0 Å². The standard InChI is InChI=1S/C39H29N5O/c1-39(2,3)24-18-20-40-34(22-24)44-31-14-5-4-9-26(31)27-17-16-23(21-32(27)44)25-10-7-15-33-37(25)43-38(45-33)29-12-6-11-28-35(29)42-30-13-8-19-41-36(28)30/h4-22,42H,1-3H3. The number of aromatic amines is 1. The fourth-order valence-electron chi connectivity index (χ4n) is 6.61. The van der Waals surface area contributed by atoms with E-state index in [0.717, 1.165) is 66.6 Å². The summed E-state index contributed by atoms with van der Waals surface area (Å²) < 4.78 is 8.71. The Balaban J connectivity index is 1.25. The number of oxazole rings is 1. The number of pyridine rings is 2. The normalized spacial score (nSPS) is 12.3. The molecule has 0 fully saturated rings. The van der Waals surface area contributed by atoms with Crippen molar-refractivity contribution in [2.45, 2.75) is 26.2 Å². The molecule has 45 heavy (non-hydrogen) atoms. The summed E-state index contributed by atoms with van der Waals surface area (Å²) in [6.07, 6.45) is 3.74. The van der Waals surface area contributed by atoms with Gasteiger partial charge in [0.25, 0.3) is 0 Å². The van der Waals surface area contributed by atoms with Crippen molar-refractivity contribution in [3.63, 3.8) is 0 Å². The zero-order valence-corrected chi connectivity index (χ0v) is 25.2. The van der Waals surface area contributed by atoms with Crippen LogP contribution in [0.15, 0.2) is 120 Å². The Labute approximate surface area is 259 Å². The second kappa shape index (κ2) is 9.37. The number of H-pyrrole nitrogens is 1. The molecule has 0 amide bonds. The monoisotopic (exact) mass is 583 g/mol. The summed E-state index contributed by atoms with van der Waals surface area (Å²) in [6, 6.07) is 35.8. The Kier molecular flexibility index (Phi) is 5.36. The molecule has 9 aromatic rings. The van der Waals surface area contributed by atoms with E-state index in [1.807, 2.05) is 48.8 Å². The topological polar surface area (TPSA) is 72.5 Å². The van der Waals surface area contributed by atoms with Crippen molar-refractivity contribution in [3.05, 3.63) is 121 Å². The second-order valence-corrected chi connectivity index (χ2v) is 12.7. The summed E-state index contributed by atoms with van der Waals surface area (Å²) in [5, 5.41) is 3.43. The zero-order valence-electron chi connectivity index (χ0n) is 25.2. The van der Waals surface area contributed by atoms with Gasteiger partial charge in [0.1, 0.15) is 11.3 Å². The van der Waals surface area contributed by atoms with E-state index in [9.17, 15) is 0 Å². The van der Waals surface area contributed by atoms with Crippen LogP contribution in [0.2, 0.25) is 0 Å². The van der Waals surface area contributed by atoms with Gasteiger partial charge in [-0.3, -0.25) is 9.55 Å². The Morgan fingerprint density at radius 1 is 0.667 bits per heavy atom. The molecule has 0 aliphatic heterocycles. The molecule has 5 heterocycles. The van der Waals surface area contributed by atoms with Crippen LogP contribution in [0.3, 0.4) is 0 Å². The van der Waals surface area contributed by atoms with Crippen molar-refractivity contribution in [2.24, 2.45) is 0 Å². The summed E-state index contributed by atoms with van der Waals surface area (Å²) in [4.78, 5) is 18.1. The molecule has 0 atom stereocenters. The molecule has 0 spiro atoms. The minimum absolute atomic E-state index is 0.00953. The largest absolute Gasteiger partial charge is 0.436 e. The van der Waals surface area contributed by atoms with Crippen molar-refractivity contribution in [1.29, 1.82) is 0 Å². The number of para-hydroxylation sites is 3. The van der Waals surface area contributed by atoms with Gasteiger partial charge in [-0.1, -0.05) is 75.4 Å². The van der Waals surface area contributed by atoms with Gasteiger partial charge in [0.05, 0.1) is 33.1 Å². The van der Waals surface area contributed by atoms with Gasteiger partial charge in [0, 0.05) is 34.1 Å². The number of benzene rings is 4. The maximum atomic E-state index is 6.43. The van der Waals surface area contributed by atoms with Crippen molar-refractivity contribution in [1.82, 2.24) is 24.5 Å². The Bertz CT molecular complexity index is 2600. The van der Waals surface area contributed by atoms with Crippen LogP contribution < -0.4 is 0 Å². The van der Waals surface area contributed by atoms with Crippen LogP contribution >= 0.6 is 0 Å². The third-order valence-electron chi connectivity index (χ3n) is 8.86. The van der Waals surface area contributed by atoms with E-state index in [-0.39, 0.29) is 5.41 Å². The highest BCUT2D eigenvalue weighted by molar-refractivity contribution is 6.11. The molecule has 0 aliphatic rings. The van der Waals surface area contributed by atoms with Gasteiger partial charge in [-0.15, -0.1) is 0 Å². The fraction of sp³-hybridized carbons (Fsp3) is 0.103. The van der Waals surface area contributed by atoms with Gasteiger partial charge >= 0.3 is 0 Å². The average Bonchev–Trinajstić information content (AvgIpc) is 3.76. The number of aromatic nitrogens is 5. The van der Waals surface area contributed by atoms with Gasteiger partial charge in [-0.05, 0) is 65.1 Å². The quantitative estimate of drug-likeness (QED) is 0.225. The summed E-state index contributed by atoms with van der Waals surface area (Å²) in [7, 11) is 0. The molecule has 1 N–H and O–H groups in total. The summed E-state index contributed by atoms with van der Waals surface area (Å²) >= 11 is 0. The minimum atomic E-state index is 0.00953. The van der Waals surface area contributed by atoms with Crippen LogP contribution in [-0.2, 0) is 5.41 Å². The molecule has 216 valence electrons. The molecule has 0 saturated carbocycles. The Morgan fingerprint density at radius 3 is 2.40 bits per heavy atom. The first-order chi connectivity index (χ1) is 21.9. The van der Waals surface area contributed by atoms with E-state index in [1.54, 1.807) is 0 Å². The fourth-order valence-corrected chi connectivity index (χ4v) is 6.61.